The summed E-state index contributed by atoms with van der Waals surface area (Å²) in [6.07, 6.45) is 0.371. The van der Waals surface area contributed by atoms with Crippen LogP contribution in [0.4, 0.5) is 22.7 Å². The summed E-state index contributed by atoms with van der Waals surface area (Å²) >= 11 is 8.19. The second kappa shape index (κ2) is 10.2. The Morgan fingerprint density at radius 3 is 2.18 bits per heavy atom. The number of thioether (sulfide) groups is 1. The number of non-ortho nitro benzene ring substituents is 1. The minimum Gasteiger partial charge on any atom is -0.545 e. The molecule has 0 amide bonds. The van der Waals surface area contributed by atoms with Crippen LogP contribution in [0.25, 0.3) is 0 Å². The molecule has 0 aromatic heterocycles. The molecular weight excluding hydrogens is 552 g/mol. The summed E-state index contributed by atoms with van der Waals surface area (Å²) in [6, 6.07) is 13.5. The van der Waals surface area contributed by atoms with Crippen molar-refractivity contribution >= 4 is 52.1 Å². The van der Waals surface area contributed by atoms with Gasteiger partial charge < -0.3 is 15.2 Å². The average molecular weight is 570 g/mol. The van der Waals surface area contributed by atoms with Crippen molar-refractivity contribution < 1.29 is 24.7 Å². The number of carboxylic acids is 1. The van der Waals surface area contributed by atoms with Crippen molar-refractivity contribution in [2.24, 2.45) is 5.92 Å². The third kappa shape index (κ3) is 4.63. The Morgan fingerprint density at radius 1 is 0.897 bits per heavy atom. The second-order valence-electron chi connectivity index (χ2n) is 9.19. The summed E-state index contributed by atoms with van der Waals surface area (Å²) in [7, 11) is 0. The van der Waals surface area contributed by atoms with Crippen molar-refractivity contribution in [1.82, 2.24) is 0 Å². The van der Waals surface area contributed by atoms with Crippen LogP contribution in [0.5, 0.6) is 0 Å². The van der Waals surface area contributed by atoms with Gasteiger partial charge in [0.05, 0.1) is 48.3 Å². The van der Waals surface area contributed by atoms with Gasteiger partial charge in [-0.05, 0) is 30.0 Å². The van der Waals surface area contributed by atoms with E-state index in [0.29, 0.717) is 16.9 Å². The summed E-state index contributed by atoms with van der Waals surface area (Å²) in [5.74, 6) is -2.65. The van der Waals surface area contributed by atoms with Crippen molar-refractivity contribution in [2.75, 3.05) is 5.32 Å². The molecule has 0 radical (unpaired) electrons. The summed E-state index contributed by atoms with van der Waals surface area (Å²) < 4.78 is 0. The first-order chi connectivity index (χ1) is 18.6. The minimum absolute atomic E-state index is 0.00999. The summed E-state index contributed by atoms with van der Waals surface area (Å²) in [4.78, 5) is 45.5. The van der Waals surface area contributed by atoms with Gasteiger partial charge in [0.15, 0.2) is 0 Å². The number of anilines is 1. The quantitative estimate of drug-likeness (QED) is 0.235. The Hall–Kier alpha value is -4.23. The highest BCUT2D eigenvalue weighted by Crippen LogP contribution is 2.60. The lowest BCUT2D eigenvalue weighted by Gasteiger charge is -2.39. The predicted octanol–water partition coefficient (Wildman–Crippen LogP) is 4.81. The molecule has 12 nitrogen and oxygen atoms in total. The van der Waals surface area contributed by atoms with E-state index in [1.54, 1.807) is 30.3 Å². The number of nitrogens with one attached hydrogen (secondary N) is 1. The molecule has 1 aliphatic carbocycles. The zero-order valence-corrected chi connectivity index (χ0v) is 21.3. The molecule has 0 unspecified atom stereocenters. The SMILES string of the molecule is O=C([O-])c1ccc([N+](=O)[O-])c2c1N[C@@H](c1ccc([N+](=O)[O-])cc1)[C@H]1C[C@H](Sc3ccccc3[N+](=O)[O-])[C@@H](Cl)[C@@H]21. The number of carboxylic acid groups (broad SMARTS) is 1. The summed E-state index contributed by atoms with van der Waals surface area (Å²) in [5.41, 5.74) is -0.0780. The molecule has 1 N–H and O–H groups in total. The molecule has 0 saturated heterocycles. The van der Waals surface area contributed by atoms with Gasteiger partial charge in [0, 0.05) is 41.0 Å². The number of hydrogen-bond donors (Lipinski definition) is 1. The van der Waals surface area contributed by atoms with Crippen molar-refractivity contribution in [1.29, 1.82) is 0 Å². The molecule has 5 rings (SSSR count). The number of carbonyl (C=O) groups excluding carboxylic acids is 1. The van der Waals surface area contributed by atoms with E-state index in [1.165, 1.54) is 30.0 Å². The molecule has 1 saturated carbocycles. The lowest BCUT2D eigenvalue weighted by molar-refractivity contribution is -0.387. The van der Waals surface area contributed by atoms with Crippen molar-refractivity contribution in [3.05, 3.63) is 108 Å². The highest BCUT2D eigenvalue weighted by atomic mass is 35.5. The van der Waals surface area contributed by atoms with Crippen LogP contribution in [0.1, 0.15) is 39.9 Å². The van der Waals surface area contributed by atoms with Crippen molar-refractivity contribution in [2.45, 2.75) is 33.9 Å². The third-order valence-corrected chi connectivity index (χ3v) is 9.28. The molecular formula is C25H18ClN4O8S-. The van der Waals surface area contributed by atoms with Crippen LogP contribution in [-0.4, -0.2) is 31.4 Å². The Labute approximate surface area is 229 Å². The molecule has 39 heavy (non-hydrogen) atoms. The number of rotatable bonds is 7. The first-order valence-corrected chi connectivity index (χ1v) is 13.0. The standard InChI is InChI=1S/C25H19ClN4O8S/c26-22-19(39-18-4-2-1-3-16(18)29(35)36)11-15-20(22)21-17(30(37)38)10-9-14(25(31)32)24(21)27-23(15)12-5-7-13(8-6-12)28(33)34/h1-10,15,19-20,22-23,27H,11H2,(H,31,32)/p-1/t15-,19-,20+,22+,23-/m0/s1. The van der Waals surface area contributed by atoms with E-state index < -0.39 is 49.2 Å². The summed E-state index contributed by atoms with van der Waals surface area (Å²) in [6.45, 7) is 0. The molecule has 1 aliphatic heterocycles. The van der Waals surface area contributed by atoms with E-state index >= 15 is 0 Å². The van der Waals surface area contributed by atoms with Gasteiger partial charge in [0.2, 0.25) is 0 Å². The number of halogens is 1. The van der Waals surface area contributed by atoms with Crippen LogP contribution in [0.15, 0.2) is 65.6 Å². The monoisotopic (exact) mass is 569 g/mol. The first-order valence-electron chi connectivity index (χ1n) is 11.7. The number of benzene rings is 3. The fourth-order valence-corrected chi connectivity index (χ4v) is 7.47. The van der Waals surface area contributed by atoms with Gasteiger partial charge >= 0.3 is 0 Å². The lowest BCUT2D eigenvalue weighted by Crippen LogP contribution is -2.34. The number of carbonyl (C=O) groups is 1. The first kappa shape index (κ1) is 26.4. The molecule has 1 heterocycles. The van der Waals surface area contributed by atoms with Crippen LogP contribution < -0.4 is 10.4 Å². The van der Waals surface area contributed by atoms with Gasteiger partial charge in [-0.25, -0.2) is 0 Å². The van der Waals surface area contributed by atoms with Crippen molar-refractivity contribution in [3.8, 4) is 0 Å². The summed E-state index contributed by atoms with van der Waals surface area (Å²) in [5, 5.41) is 48.7. The molecule has 3 aromatic carbocycles. The van der Waals surface area contributed by atoms with Gasteiger partial charge in [-0.15, -0.1) is 23.4 Å². The van der Waals surface area contributed by atoms with Gasteiger partial charge in [0.1, 0.15) is 0 Å². The maximum Gasteiger partial charge on any atom is 0.282 e. The fraction of sp³-hybridized carbons (Fsp3) is 0.240. The van der Waals surface area contributed by atoms with Crippen molar-refractivity contribution in [3.63, 3.8) is 0 Å². The van der Waals surface area contributed by atoms with Crippen LogP contribution in [0.3, 0.4) is 0 Å². The zero-order valence-electron chi connectivity index (χ0n) is 19.8. The second-order valence-corrected chi connectivity index (χ2v) is 11.0. The molecule has 0 spiro atoms. The number of alkyl halides is 1. The van der Waals surface area contributed by atoms with E-state index in [4.69, 9.17) is 11.6 Å². The Bertz CT molecular complexity index is 1520. The number of para-hydroxylation sites is 1. The number of aromatic carboxylic acids is 1. The predicted molar refractivity (Wildman–Crippen MR) is 140 cm³/mol. The number of hydrogen-bond acceptors (Lipinski definition) is 10. The van der Waals surface area contributed by atoms with E-state index in [1.807, 2.05) is 0 Å². The van der Waals surface area contributed by atoms with Crippen LogP contribution in [-0.2, 0) is 0 Å². The molecule has 5 atom stereocenters. The number of nitrogens with zero attached hydrogens (tertiary/aromatic N) is 3. The number of nitro groups is 3. The average Bonchev–Trinajstić information content (AvgIpc) is 3.23. The third-order valence-electron chi connectivity index (χ3n) is 7.17. The lowest BCUT2D eigenvalue weighted by atomic mass is 9.75. The maximum atomic E-state index is 12.0. The highest BCUT2D eigenvalue weighted by molar-refractivity contribution is 8.00. The van der Waals surface area contributed by atoms with E-state index in [-0.39, 0.29) is 33.9 Å². The molecule has 2 aliphatic rings. The Morgan fingerprint density at radius 2 is 1.56 bits per heavy atom. The normalized spacial score (nSPS) is 23.3. The van der Waals surface area contributed by atoms with Gasteiger partial charge in [-0.1, -0.05) is 24.3 Å². The highest BCUT2D eigenvalue weighted by Gasteiger charge is 2.53. The molecule has 200 valence electrons. The Kier molecular flexibility index (Phi) is 6.87. The van der Waals surface area contributed by atoms with Gasteiger partial charge in [0.25, 0.3) is 17.1 Å². The zero-order chi connectivity index (χ0) is 28.0. The Balaban J connectivity index is 1.65. The van der Waals surface area contributed by atoms with Crippen LogP contribution >= 0.6 is 23.4 Å². The van der Waals surface area contributed by atoms with Crippen LogP contribution in [0.2, 0.25) is 0 Å². The molecule has 0 bridgehead atoms. The minimum atomic E-state index is -1.54. The van der Waals surface area contributed by atoms with E-state index in [9.17, 15) is 40.2 Å². The molecule has 1 fully saturated rings. The van der Waals surface area contributed by atoms with E-state index in [0.717, 1.165) is 12.1 Å². The molecule has 3 aromatic rings. The van der Waals surface area contributed by atoms with Gasteiger partial charge in [-0.2, -0.15) is 0 Å². The van der Waals surface area contributed by atoms with E-state index in [2.05, 4.69) is 5.32 Å². The maximum absolute atomic E-state index is 12.0. The number of nitro benzene ring substituents is 3. The topological polar surface area (TPSA) is 182 Å². The van der Waals surface area contributed by atoms with Gasteiger partial charge in [-0.3, -0.25) is 30.3 Å². The fourth-order valence-electron chi connectivity index (χ4n) is 5.54. The van der Waals surface area contributed by atoms with Crippen LogP contribution in [0, 0.1) is 36.3 Å². The molecule has 14 heteroatoms. The smallest absolute Gasteiger partial charge is 0.282 e. The number of fused-ring (bicyclic) bond motifs is 3. The largest absolute Gasteiger partial charge is 0.545 e.